The monoisotopic (exact) mass is 307 g/mol. The van der Waals surface area contributed by atoms with Crippen molar-refractivity contribution in [3.63, 3.8) is 0 Å². The molecule has 2 aromatic heterocycles. The Labute approximate surface area is 127 Å². The third-order valence-corrected chi connectivity index (χ3v) is 4.86. The molecule has 114 valence electrons. The number of nitrogens with one attached hydrogen (secondary N) is 1. The van der Waals surface area contributed by atoms with Gasteiger partial charge in [-0.3, -0.25) is 9.69 Å². The van der Waals surface area contributed by atoms with Crippen molar-refractivity contribution in [1.82, 2.24) is 24.8 Å². The predicted octanol–water partition coefficient (Wildman–Crippen LogP) is 1.03. The number of aromatic nitrogens is 3. The van der Waals surface area contributed by atoms with Gasteiger partial charge in [-0.15, -0.1) is 0 Å². The molecule has 3 rings (SSSR count). The highest BCUT2D eigenvalue weighted by atomic mass is 32.1. The van der Waals surface area contributed by atoms with Crippen molar-refractivity contribution in [2.24, 2.45) is 0 Å². The summed E-state index contributed by atoms with van der Waals surface area (Å²) in [6.07, 6.45) is 3.60. The molecule has 3 heterocycles. The third kappa shape index (κ3) is 3.30. The van der Waals surface area contributed by atoms with Crippen molar-refractivity contribution < 1.29 is 0 Å². The highest BCUT2D eigenvalue weighted by Gasteiger charge is 2.18. The summed E-state index contributed by atoms with van der Waals surface area (Å²) in [5.41, 5.74) is 0.653. The van der Waals surface area contributed by atoms with Gasteiger partial charge in [0.25, 0.3) is 5.56 Å². The Morgan fingerprint density at radius 3 is 3.19 bits per heavy atom. The Morgan fingerprint density at radius 1 is 1.48 bits per heavy atom. The normalized spacial score (nSPS) is 20.0. The minimum Gasteiger partial charge on any atom is -0.317 e. The second kappa shape index (κ2) is 6.21. The summed E-state index contributed by atoms with van der Waals surface area (Å²) in [6.45, 7) is 4.81. The molecule has 0 aromatic carbocycles. The lowest BCUT2D eigenvalue weighted by Gasteiger charge is -2.25. The first-order valence-corrected chi connectivity index (χ1v) is 8.22. The predicted molar refractivity (Wildman–Crippen MR) is 83.8 cm³/mol. The Bertz CT molecular complexity index is 672. The quantitative estimate of drug-likeness (QED) is 0.918. The minimum atomic E-state index is -0.0960. The van der Waals surface area contributed by atoms with E-state index in [2.05, 4.69) is 27.3 Å². The molecule has 21 heavy (non-hydrogen) atoms. The van der Waals surface area contributed by atoms with E-state index in [-0.39, 0.29) is 5.56 Å². The van der Waals surface area contributed by atoms with Gasteiger partial charge in [-0.2, -0.15) is 9.61 Å². The summed E-state index contributed by atoms with van der Waals surface area (Å²) in [5.74, 6) is 0. The van der Waals surface area contributed by atoms with Crippen molar-refractivity contribution in [2.75, 3.05) is 20.1 Å². The molecule has 1 aliphatic rings. The lowest BCUT2D eigenvalue weighted by molar-refractivity contribution is 0.216. The maximum atomic E-state index is 11.9. The topological polar surface area (TPSA) is 62.5 Å². The lowest BCUT2D eigenvalue weighted by atomic mass is 10.1. The van der Waals surface area contributed by atoms with Crippen LogP contribution in [0.5, 0.6) is 0 Å². The fourth-order valence-electron chi connectivity index (χ4n) is 2.81. The summed E-state index contributed by atoms with van der Waals surface area (Å²) >= 11 is 1.51. The van der Waals surface area contributed by atoms with Gasteiger partial charge in [0.2, 0.25) is 4.96 Å². The van der Waals surface area contributed by atoms with Gasteiger partial charge in [0.05, 0.1) is 6.54 Å². The zero-order valence-electron chi connectivity index (χ0n) is 12.5. The average Bonchev–Trinajstić information content (AvgIpc) is 2.67. The minimum absolute atomic E-state index is 0.0960. The van der Waals surface area contributed by atoms with Crippen LogP contribution in [0.1, 0.15) is 30.0 Å². The van der Waals surface area contributed by atoms with E-state index in [1.807, 2.05) is 6.92 Å². The van der Waals surface area contributed by atoms with Crippen LogP contribution in [0.3, 0.4) is 0 Å². The van der Waals surface area contributed by atoms with E-state index >= 15 is 0 Å². The molecule has 0 radical (unpaired) electrons. The summed E-state index contributed by atoms with van der Waals surface area (Å²) in [7, 11) is 2.14. The van der Waals surface area contributed by atoms with Crippen LogP contribution in [0.2, 0.25) is 0 Å². The molecule has 1 atom stereocenters. The maximum absolute atomic E-state index is 11.9. The van der Waals surface area contributed by atoms with Gasteiger partial charge >= 0.3 is 0 Å². The Balaban J connectivity index is 1.78. The number of nitrogens with zero attached hydrogens (tertiary/aromatic N) is 4. The van der Waals surface area contributed by atoms with Crippen molar-refractivity contribution in [2.45, 2.75) is 38.8 Å². The zero-order valence-corrected chi connectivity index (χ0v) is 13.3. The number of hydrogen-bond donors (Lipinski definition) is 1. The largest absolute Gasteiger partial charge is 0.317 e. The molecule has 0 bridgehead atoms. The van der Waals surface area contributed by atoms with Crippen LogP contribution < -0.4 is 10.9 Å². The van der Waals surface area contributed by atoms with Crippen LogP contribution in [-0.4, -0.2) is 45.7 Å². The first kappa shape index (κ1) is 14.6. The van der Waals surface area contributed by atoms with Crippen molar-refractivity contribution in [1.29, 1.82) is 0 Å². The van der Waals surface area contributed by atoms with E-state index in [1.165, 1.54) is 41.2 Å². The Morgan fingerprint density at radius 2 is 2.33 bits per heavy atom. The first-order valence-electron chi connectivity index (χ1n) is 7.41. The molecule has 0 aliphatic carbocycles. The number of rotatable bonds is 3. The molecule has 6 nitrogen and oxygen atoms in total. The molecular formula is C14H21N5OS. The third-order valence-electron chi connectivity index (χ3n) is 3.97. The van der Waals surface area contributed by atoms with E-state index < -0.39 is 0 Å². The molecule has 0 saturated carbocycles. The van der Waals surface area contributed by atoms with E-state index in [1.54, 1.807) is 0 Å². The van der Waals surface area contributed by atoms with Crippen molar-refractivity contribution in [3.8, 4) is 0 Å². The fourth-order valence-corrected chi connectivity index (χ4v) is 3.82. The van der Waals surface area contributed by atoms with Gasteiger partial charge < -0.3 is 5.32 Å². The number of aryl methyl sites for hydroxylation is 1. The summed E-state index contributed by atoms with van der Waals surface area (Å²) in [4.78, 5) is 19.3. The lowest BCUT2D eigenvalue weighted by Crippen LogP contribution is -2.32. The highest BCUT2D eigenvalue weighted by Crippen LogP contribution is 2.18. The summed E-state index contributed by atoms with van der Waals surface area (Å²) in [6, 6.07) is 2.11. The van der Waals surface area contributed by atoms with Gasteiger partial charge in [0, 0.05) is 17.8 Å². The first-order chi connectivity index (χ1) is 10.1. The molecular weight excluding hydrogens is 286 g/mol. The van der Waals surface area contributed by atoms with Gasteiger partial charge in [-0.25, -0.2) is 4.98 Å². The smallest absolute Gasteiger partial charge is 0.275 e. The van der Waals surface area contributed by atoms with Crippen LogP contribution in [0.15, 0.2) is 10.9 Å². The van der Waals surface area contributed by atoms with Crippen LogP contribution >= 0.6 is 11.3 Å². The molecule has 0 spiro atoms. The van der Waals surface area contributed by atoms with Gasteiger partial charge in [-0.1, -0.05) is 11.3 Å². The standard InChI is InChI=1S/C14H21N5OS/c1-10-8-13(20)19-14(16-10)21-12(17-19)9-18(2)11-4-3-6-15-7-5-11/h8,11,15H,3-7,9H2,1-2H3. The van der Waals surface area contributed by atoms with Gasteiger partial charge in [-0.05, 0) is 46.3 Å². The molecule has 1 saturated heterocycles. The van der Waals surface area contributed by atoms with Gasteiger partial charge in [0.15, 0.2) is 0 Å². The Hall–Kier alpha value is -1.31. The molecule has 1 fully saturated rings. The van der Waals surface area contributed by atoms with Crippen molar-refractivity contribution >= 4 is 16.3 Å². The zero-order chi connectivity index (χ0) is 14.8. The molecule has 1 N–H and O–H groups in total. The van der Waals surface area contributed by atoms with Crippen molar-refractivity contribution in [3.05, 3.63) is 27.1 Å². The molecule has 7 heteroatoms. The van der Waals surface area contributed by atoms with Crippen LogP contribution in [0, 0.1) is 6.92 Å². The molecule has 1 aliphatic heterocycles. The maximum Gasteiger partial charge on any atom is 0.275 e. The molecule has 1 unspecified atom stereocenters. The molecule has 2 aromatic rings. The number of fused-ring (bicyclic) bond motifs is 1. The molecule has 0 amide bonds. The Kier molecular flexibility index (Phi) is 4.32. The van der Waals surface area contributed by atoms with Crippen LogP contribution in [0.4, 0.5) is 0 Å². The summed E-state index contributed by atoms with van der Waals surface area (Å²) in [5, 5.41) is 8.80. The number of hydrogen-bond acceptors (Lipinski definition) is 6. The van der Waals surface area contributed by atoms with E-state index in [9.17, 15) is 4.79 Å². The van der Waals surface area contributed by atoms with Crippen LogP contribution in [-0.2, 0) is 6.54 Å². The SMILES string of the molecule is Cc1cc(=O)n2nc(CN(C)C3CCCNCC3)sc2n1. The fraction of sp³-hybridized carbons (Fsp3) is 0.643. The highest BCUT2D eigenvalue weighted by molar-refractivity contribution is 7.16. The van der Waals surface area contributed by atoms with E-state index in [0.717, 1.165) is 30.3 Å². The van der Waals surface area contributed by atoms with E-state index in [4.69, 9.17) is 0 Å². The average molecular weight is 307 g/mol. The van der Waals surface area contributed by atoms with Gasteiger partial charge in [0.1, 0.15) is 5.01 Å². The second-order valence-electron chi connectivity index (χ2n) is 5.68. The van der Waals surface area contributed by atoms with E-state index in [0.29, 0.717) is 11.0 Å². The van der Waals surface area contributed by atoms with Crippen LogP contribution in [0.25, 0.3) is 4.96 Å². The second-order valence-corrected chi connectivity index (χ2v) is 6.72. The summed E-state index contributed by atoms with van der Waals surface area (Å²) < 4.78 is 1.41.